The molecule has 2 aliphatic heterocycles. The van der Waals surface area contributed by atoms with Crippen molar-refractivity contribution in [2.24, 2.45) is 74.6 Å². The van der Waals surface area contributed by atoms with Gasteiger partial charge in [-0.2, -0.15) is 10.1 Å². The average molecular weight is 1470 g/mol. The SMILES string of the molecule is COc1c(CN2O[C@@H](CO)[C@@H]([C@H](C)O)[C@H]2C(=O)N[C@H]2C[C@H]3C[C@@H]([C@@H]2C)C3(C)C)cccc1-c1cc(C(=O)NS(C)(=O)=O)cc(N(C)C)c1.COc1c(CN2O[C@@H](CO)[C@@H]([C@H](C)O)[C@H]2C(=O)N[C@H]2C[C@H]3C[C@@H]([C@@H]2C)C3(C)C)cccc1-c1cc(N=C(N)N)cc(C(=O)N[C@@H](Cc2ccccc2)CN(C)C)c1. The van der Waals surface area contributed by atoms with Crippen molar-refractivity contribution in [3.8, 4) is 33.8 Å². The Labute approximate surface area is 618 Å². The van der Waals surface area contributed by atoms with Gasteiger partial charge in [0, 0.05) is 89.7 Å². The molecule has 4 bridgehead atoms. The number of carbonyl (C=O) groups excluding carboxylic acids is 4. The largest absolute Gasteiger partial charge is 0.496 e. The van der Waals surface area contributed by atoms with Gasteiger partial charge in [0.15, 0.2) is 5.96 Å². The zero-order valence-electron chi connectivity index (χ0n) is 63.4. The summed E-state index contributed by atoms with van der Waals surface area (Å²) >= 11 is 0. The van der Waals surface area contributed by atoms with Crippen molar-refractivity contribution in [2.75, 3.05) is 73.3 Å². The van der Waals surface area contributed by atoms with Gasteiger partial charge < -0.3 is 67.1 Å². The van der Waals surface area contributed by atoms with E-state index in [-0.39, 0.29) is 84.5 Å². The molecule has 105 heavy (non-hydrogen) atoms. The number of aliphatic hydroxyl groups is 4. The van der Waals surface area contributed by atoms with Gasteiger partial charge >= 0.3 is 0 Å². The molecule has 2 saturated heterocycles. The molecule has 4 amide bonds. The van der Waals surface area contributed by atoms with E-state index < -0.39 is 64.3 Å². The number of carbonyl (C=O) groups is 4. The fraction of sp³-hybridized carbons (Fsp3) is 0.557. The van der Waals surface area contributed by atoms with Crippen LogP contribution < -0.4 is 46.5 Å². The van der Waals surface area contributed by atoms with Crippen LogP contribution in [0.1, 0.15) is 118 Å². The van der Waals surface area contributed by atoms with Crippen molar-refractivity contribution >= 4 is 51.0 Å². The van der Waals surface area contributed by atoms with Gasteiger partial charge in [-0.1, -0.05) is 108 Å². The zero-order chi connectivity index (χ0) is 76.5. The maximum atomic E-state index is 14.3. The van der Waals surface area contributed by atoms with Crippen molar-refractivity contribution in [3.63, 3.8) is 0 Å². The van der Waals surface area contributed by atoms with E-state index in [1.165, 1.54) is 25.0 Å². The van der Waals surface area contributed by atoms with Crippen LogP contribution in [0.4, 0.5) is 11.4 Å². The second-order valence-electron chi connectivity index (χ2n) is 31.8. The Balaban J connectivity index is 0.000000228. The van der Waals surface area contributed by atoms with Gasteiger partial charge in [0.2, 0.25) is 21.8 Å². The molecular weight excluding hydrogens is 1360 g/mol. The lowest BCUT2D eigenvalue weighted by Crippen LogP contribution is -2.62. The van der Waals surface area contributed by atoms with E-state index in [9.17, 15) is 48.0 Å². The van der Waals surface area contributed by atoms with E-state index in [1.54, 1.807) is 61.3 Å². The van der Waals surface area contributed by atoms with Crippen LogP contribution >= 0.6 is 0 Å². The number of guanidine groups is 1. The fourth-order valence-corrected chi connectivity index (χ4v) is 18.4. The number of nitrogens with zero attached hydrogens (tertiary/aromatic N) is 5. The van der Waals surface area contributed by atoms with Gasteiger partial charge in [0.25, 0.3) is 11.8 Å². The van der Waals surface area contributed by atoms with Crippen LogP contribution in [0.2, 0.25) is 0 Å². The summed E-state index contributed by atoms with van der Waals surface area (Å²) in [5.41, 5.74) is 18.7. The van der Waals surface area contributed by atoms with Gasteiger partial charge in [-0.25, -0.2) is 18.1 Å². The number of likely N-dealkylation sites (N-methyl/N-ethyl adjacent to an activating group) is 1. The highest BCUT2D eigenvalue weighted by Gasteiger charge is 2.59. The molecule has 8 aliphatic rings. The number of nitrogens with two attached hydrogens (primary N) is 2. The molecule has 0 aromatic heterocycles. The molecule has 6 aliphatic carbocycles. The van der Waals surface area contributed by atoms with Gasteiger partial charge in [0.1, 0.15) is 35.8 Å². The Morgan fingerprint density at radius 3 is 1.52 bits per heavy atom. The summed E-state index contributed by atoms with van der Waals surface area (Å²) in [6.07, 6.45) is 2.29. The van der Waals surface area contributed by atoms with E-state index in [0.29, 0.717) is 110 Å². The van der Waals surface area contributed by atoms with E-state index in [1.807, 2.05) is 111 Å². The van der Waals surface area contributed by atoms with E-state index >= 15 is 0 Å². The minimum atomic E-state index is -3.79. The van der Waals surface area contributed by atoms with Crippen molar-refractivity contribution < 1.29 is 67.2 Å². The summed E-state index contributed by atoms with van der Waals surface area (Å²) in [6, 6.07) is 29.5. The topological polar surface area (TPSA) is 346 Å². The number of sulfonamides is 1. The number of hydrogen-bond donors (Lipinski definition) is 10. The molecule has 26 heteroatoms. The van der Waals surface area contributed by atoms with Gasteiger partial charge in [-0.3, -0.25) is 28.9 Å². The first kappa shape index (κ1) is 79.8. The molecule has 0 unspecified atom stereocenters. The van der Waals surface area contributed by atoms with Gasteiger partial charge in [-0.15, -0.1) is 0 Å². The number of aliphatic hydroxyl groups excluding tert-OH is 4. The fourth-order valence-electron chi connectivity index (χ4n) is 17.9. The number of amides is 4. The number of hydrogen-bond acceptors (Lipinski definition) is 19. The summed E-state index contributed by atoms with van der Waals surface area (Å²) in [7, 11) is 6.87. The lowest BCUT2D eigenvalue weighted by Gasteiger charge is -2.62. The smallest absolute Gasteiger partial charge is 0.264 e. The summed E-state index contributed by atoms with van der Waals surface area (Å²) in [6.45, 7) is 17.0. The first-order chi connectivity index (χ1) is 49.6. The van der Waals surface area contributed by atoms with E-state index in [4.69, 9.17) is 30.6 Å². The quantitative estimate of drug-likeness (QED) is 0.0206. The highest BCUT2D eigenvalue weighted by atomic mass is 32.2. The first-order valence-corrected chi connectivity index (χ1v) is 38.4. The molecule has 0 radical (unpaired) electrons. The molecule has 25 nitrogen and oxygen atoms in total. The average Bonchev–Trinajstić information content (AvgIpc) is 1.42. The lowest BCUT2D eigenvalue weighted by molar-refractivity contribution is -0.183. The Bertz CT molecular complexity index is 4080. The number of rotatable bonds is 26. The van der Waals surface area contributed by atoms with E-state index in [2.05, 4.69) is 62.5 Å². The number of para-hydroxylation sites is 2. The molecule has 17 atom stereocenters. The highest BCUT2D eigenvalue weighted by molar-refractivity contribution is 7.89. The predicted molar refractivity (Wildman–Crippen MR) is 404 cm³/mol. The van der Waals surface area contributed by atoms with Crippen molar-refractivity contribution in [1.82, 2.24) is 35.7 Å². The van der Waals surface area contributed by atoms with Crippen molar-refractivity contribution in [1.29, 1.82) is 0 Å². The van der Waals surface area contributed by atoms with Crippen LogP contribution in [-0.2, 0) is 48.8 Å². The number of aliphatic imine (C=N–C) groups is 1. The van der Waals surface area contributed by atoms with Crippen LogP contribution in [0.5, 0.6) is 11.5 Å². The van der Waals surface area contributed by atoms with E-state index in [0.717, 1.165) is 24.7 Å². The second kappa shape index (κ2) is 32.8. The maximum Gasteiger partial charge on any atom is 0.264 e. The molecule has 8 fully saturated rings. The molecule has 5 aromatic rings. The van der Waals surface area contributed by atoms with Crippen LogP contribution in [-0.4, -0.2) is 197 Å². The van der Waals surface area contributed by atoms with Crippen molar-refractivity contribution in [3.05, 3.63) is 131 Å². The number of fused-ring (bicyclic) bond motifs is 4. The second-order valence-corrected chi connectivity index (χ2v) is 33.5. The number of ether oxygens (including phenoxy) is 2. The van der Waals surface area contributed by atoms with Crippen LogP contribution in [0.15, 0.2) is 108 Å². The third kappa shape index (κ3) is 17.5. The minimum Gasteiger partial charge on any atom is -0.496 e. The monoisotopic (exact) mass is 1470 g/mol. The Kier molecular flexibility index (Phi) is 24.9. The van der Waals surface area contributed by atoms with Crippen LogP contribution in [0.3, 0.4) is 0 Å². The maximum absolute atomic E-state index is 14.3. The summed E-state index contributed by atoms with van der Waals surface area (Å²) in [5, 5.41) is 55.4. The predicted octanol–water partition coefficient (Wildman–Crippen LogP) is 6.61. The molecule has 13 rings (SSSR count). The molecule has 0 spiro atoms. The summed E-state index contributed by atoms with van der Waals surface area (Å²) in [4.78, 5) is 75.9. The Hall–Kier alpha value is -7.76. The highest BCUT2D eigenvalue weighted by Crippen LogP contribution is 2.62. The van der Waals surface area contributed by atoms with Crippen LogP contribution in [0.25, 0.3) is 22.3 Å². The summed E-state index contributed by atoms with van der Waals surface area (Å²) in [5.74, 6) is 0.715. The number of methoxy groups -OCH3 is 2. The number of benzene rings is 5. The van der Waals surface area contributed by atoms with Crippen molar-refractivity contribution in [2.45, 2.75) is 155 Å². The van der Waals surface area contributed by atoms with Gasteiger partial charge in [0.05, 0.1) is 64.7 Å². The minimum absolute atomic E-state index is 0.00915. The molecule has 6 saturated carbocycles. The van der Waals surface area contributed by atoms with Crippen LogP contribution in [0, 0.1) is 58.2 Å². The first-order valence-electron chi connectivity index (χ1n) is 36.5. The Morgan fingerprint density at radius 1 is 0.657 bits per heavy atom. The molecular formula is C79H111N11O14S. The molecule has 12 N–H and O–H groups in total. The number of hydroxylamine groups is 4. The third-order valence-electron chi connectivity index (χ3n) is 23.7. The van der Waals surface area contributed by atoms with Gasteiger partial charge in [-0.05, 0) is 159 Å². The molecule has 2 heterocycles. The lowest BCUT2D eigenvalue weighted by atomic mass is 9.45. The standard InChI is InChI=1S/C44H61N7O6.C35H50N4O8S/c1-25-35-20-31(44(35,3)4)21-36(25)49-42(55)39-38(26(2)53)37(24-52)57-51(39)22-28-14-11-15-34(40(28)56-7)29-17-30(19-32(18-29)48-43(45)46)41(54)47-33(23-50(5)6)16-27-12-9-8-10-13-27;1-19-27-15-24(35(27,3)4)16-28(19)36-34(43)31-30(20(2)41)29(18-40)47-39(31)17-21-10-9-11-26(32(21)46-7)22-12-23(14-25(13-22)38(5)6)33(42)37-48(8,44)45/h8-15,17-19,25-26,31,33,35-39,52-53H,16,20-24H2,1-7H3,(H,47,54)(H,49,55)(H4,45,46,48);9-14,19-20,24,27-31,40-41H,15-18H2,1-8H3,(H,36,43)(H,37,42)/t25-,26-,31+,33-,35-,36-,37-,38+,39-;19-,20-,24+,27-,28-,29-,30+,31-/m00/s1. The molecule has 572 valence electrons. The summed E-state index contributed by atoms with van der Waals surface area (Å²) < 4.78 is 37.6. The third-order valence-corrected chi connectivity index (χ3v) is 24.2. The normalized spacial score (nSPS) is 27.4. The Morgan fingerprint density at radius 2 is 1.12 bits per heavy atom. The molecule has 5 aromatic carbocycles. The number of nitrogens with one attached hydrogen (secondary N) is 4. The zero-order valence-corrected chi connectivity index (χ0v) is 64.2. The number of anilines is 1.